The summed E-state index contributed by atoms with van der Waals surface area (Å²) in [6.07, 6.45) is 2.56. The van der Waals surface area contributed by atoms with Gasteiger partial charge >= 0.3 is 0 Å². The van der Waals surface area contributed by atoms with E-state index in [-0.39, 0.29) is 17.3 Å². The largest absolute Gasteiger partial charge is 0.490 e. The number of amides is 2. The van der Waals surface area contributed by atoms with Crippen molar-refractivity contribution >= 4 is 39.8 Å². The van der Waals surface area contributed by atoms with Crippen molar-refractivity contribution in [1.29, 1.82) is 0 Å². The minimum absolute atomic E-state index is 0.0171. The number of hydrogen-bond donors (Lipinski definition) is 0. The third-order valence-corrected chi connectivity index (χ3v) is 4.80. The molecule has 0 saturated carbocycles. The third kappa shape index (κ3) is 3.56. The van der Waals surface area contributed by atoms with Crippen LogP contribution >= 0.6 is 11.8 Å². The van der Waals surface area contributed by atoms with E-state index in [1.165, 1.54) is 4.90 Å². The summed E-state index contributed by atoms with van der Waals surface area (Å²) >= 11 is 0.996. The standard InChI is InChI=1S/C20H21NO3S/c1-4-11-21-19(22)18(25-20(21)23)12-16-15-8-6-5-7-14(15)9-10-17(16)24-13(2)3/h5-10,12-13H,4,11H2,1-3H3/b18-12+. The number of nitrogens with zero attached hydrogens (tertiary/aromatic N) is 1. The fourth-order valence-electron chi connectivity index (χ4n) is 2.83. The average Bonchev–Trinajstić information content (AvgIpc) is 2.84. The first-order valence-electron chi connectivity index (χ1n) is 8.45. The molecule has 0 atom stereocenters. The second-order valence-electron chi connectivity index (χ2n) is 6.20. The quantitative estimate of drug-likeness (QED) is 0.702. The molecule has 0 bridgehead atoms. The highest BCUT2D eigenvalue weighted by atomic mass is 32.2. The normalized spacial score (nSPS) is 16.5. The van der Waals surface area contributed by atoms with Gasteiger partial charge in [-0.15, -0.1) is 0 Å². The van der Waals surface area contributed by atoms with E-state index in [4.69, 9.17) is 4.74 Å². The van der Waals surface area contributed by atoms with Crippen LogP contribution in [0.25, 0.3) is 16.8 Å². The highest BCUT2D eigenvalue weighted by Crippen LogP contribution is 2.37. The second-order valence-corrected chi connectivity index (χ2v) is 7.19. The first kappa shape index (κ1) is 17.5. The first-order valence-corrected chi connectivity index (χ1v) is 9.26. The Morgan fingerprint density at radius 2 is 1.92 bits per heavy atom. The van der Waals surface area contributed by atoms with E-state index >= 15 is 0 Å². The van der Waals surface area contributed by atoms with E-state index in [0.717, 1.165) is 40.3 Å². The molecule has 0 aromatic heterocycles. The van der Waals surface area contributed by atoms with E-state index in [2.05, 4.69) is 0 Å². The molecule has 1 fully saturated rings. The maximum absolute atomic E-state index is 12.6. The highest BCUT2D eigenvalue weighted by molar-refractivity contribution is 8.18. The predicted molar refractivity (Wildman–Crippen MR) is 103 cm³/mol. The summed E-state index contributed by atoms with van der Waals surface area (Å²) in [5.41, 5.74) is 0.841. The van der Waals surface area contributed by atoms with Gasteiger partial charge < -0.3 is 4.74 Å². The SMILES string of the molecule is CCCN1C(=O)S/C(=C/c2c(OC(C)C)ccc3ccccc23)C1=O. The molecule has 2 aromatic carbocycles. The Kier molecular flexibility index (Phi) is 5.13. The molecular weight excluding hydrogens is 334 g/mol. The number of benzene rings is 2. The van der Waals surface area contributed by atoms with Crippen LogP contribution in [0.15, 0.2) is 41.3 Å². The molecule has 2 aromatic rings. The molecule has 4 nitrogen and oxygen atoms in total. The molecule has 1 aliphatic rings. The Morgan fingerprint density at radius 1 is 1.16 bits per heavy atom. The lowest BCUT2D eigenvalue weighted by Crippen LogP contribution is -2.28. The maximum Gasteiger partial charge on any atom is 0.293 e. The number of imide groups is 1. The van der Waals surface area contributed by atoms with Crippen LogP contribution in [0, 0.1) is 0 Å². The molecule has 1 aliphatic heterocycles. The van der Waals surface area contributed by atoms with Crippen LogP contribution < -0.4 is 4.74 Å². The Balaban J connectivity index is 2.11. The Hall–Kier alpha value is -2.27. The van der Waals surface area contributed by atoms with Gasteiger partial charge in [0.2, 0.25) is 0 Å². The van der Waals surface area contributed by atoms with Crippen LogP contribution in [0.4, 0.5) is 4.79 Å². The molecule has 130 valence electrons. The highest BCUT2D eigenvalue weighted by Gasteiger charge is 2.34. The number of thioether (sulfide) groups is 1. The lowest BCUT2D eigenvalue weighted by Gasteiger charge is -2.15. The lowest BCUT2D eigenvalue weighted by molar-refractivity contribution is -0.122. The van der Waals surface area contributed by atoms with E-state index < -0.39 is 0 Å². The molecule has 0 N–H and O–H groups in total. The van der Waals surface area contributed by atoms with Crippen molar-refractivity contribution in [2.75, 3.05) is 6.54 Å². The van der Waals surface area contributed by atoms with Crippen LogP contribution in [0.3, 0.4) is 0 Å². The van der Waals surface area contributed by atoms with Crippen molar-refractivity contribution < 1.29 is 14.3 Å². The molecule has 3 rings (SSSR count). The van der Waals surface area contributed by atoms with Gasteiger partial charge in [0, 0.05) is 12.1 Å². The lowest BCUT2D eigenvalue weighted by atomic mass is 10.0. The van der Waals surface area contributed by atoms with Crippen LogP contribution in [-0.2, 0) is 4.79 Å². The van der Waals surface area contributed by atoms with Crippen molar-refractivity contribution in [1.82, 2.24) is 4.90 Å². The molecule has 2 amide bonds. The summed E-state index contributed by atoms with van der Waals surface area (Å²) in [6.45, 7) is 6.33. The molecule has 1 heterocycles. The second kappa shape index (κ2) is 7.31. The smallest absolute Gasteiger partial charge is 0.293 e. The van der Waals surface area contributed by atoms with Crippen molar-refractivity contribution in [2.24, 2.45) is 0 Å². The van der Waals surface area contributed by atoms with E-state index in [1.54, 1.807) is 6.08 Å². The van der Waals surface area contributed by atoms with Gasteiger partial charge in [-0.3, -0.25) is 14.5 Å². The summed E-state index contributed by atoms with van der Waals surface area (Å²) in [7, 11) is 0. The van der Waals surface area contributed by atoms with Crippen molar-refractivity contribution in [2.45, 2.75) is 33.3 Å². The van der Waals surface area contributed by atoms with Gasteiger partial charge in [0.1, 0.15) is 5.75 Å². The van der Waals surface area contributed by atoms with E-state index in [0.29, 0.717) is 11.4 Å². The molecule has 0 radical (unpaired) electrons. The maximum atomic E-state index is 12.6. The van der Waals surface area contributed by atoms with Gasteiger partial charge in [-0.05, 0) is 54.9 Å². The summed E-state index contributed by atoms with van der Waals surface area (Å²) in [6, 6.07) is 11.9. The van der Waals surface area contributed by atoms with Crippen LogP contribution in [0.1, 0.15) is 32.8 Å². The number of carbonyl (C=O) groups excluding carboxylic acids is 2. The van der Waals surface area contributed by atoms with Gasteiger partial charge in [0.25, 0.3) is 11.1 Å². The van der Waals surface area contributed by atoms with Crippen LogP contribution in [0.5, 0.6) is 5.75 Å². The fourth-order valence-corrected chi connectivity index (χ4v) is 3.68. The number of fused-ring (bicyclic) bond motifs is 1. The van der Waals surface area contributed by atoms with E-state index in [9.17, 15) is 9.59 Å². The average molecular weight is 355 g/mol. The number of carbonyl (C=O) groups is 2. The first-order chi connectivity index (χ1) is 12.0. The van der Waals surface area contributed by atoms with Gasteiger partial charge in [-0.2, -0.15) is 0 Å². The molecule has 25 heavy (non-hydrogen) atoms. The number of rotatable bonds is 5. The summed E-state index contributed by atoms with van der Waals surface area (Å²) in [4.78, 5) is 26.4. The van der Waals surface area contributed by atoms with Gasteiger partial charge in [0.15, 0.2) is 0 Å². The molecule has 0 unspecified atom stereocenters. The molecule has 1 saturated heterocycles. The zero-order valence-electron chi connectivity index (χ0n) is 14.6. The third-order valence-electron chi connectivity index (χ3n) is 3.89. The fraction of sp³-hybridized carbons (Fsp3) is 0.300. The monoisotopic (exact) mass is 355 g/mol. The van der Waals surface area contributed by atoms with Crippen LogP contribution in [0.2, 0.25) is 0 Å². The van der Waals surface area contributed by atoms with Crippen molar-refractivity contribution in [3.05, 3.63) is 46.9 Å². The topological polar surface area (TPSA) is 46.6 Å². The Bertz CT molecular complexity index is 857. The number of ether oxygens (including phenoxy) is 1. The zero-order valence-corrected chi connectivity index (χ0v) is 15.4. The van der Waals surface area contributed by atoms with E-state index in [1.807, 2.05) is 57.2 Å². The number of hydrogen-bond acceptors (Lipinski definition) is 4. The summed E-state index contributed by atoms with van der Waals surface area (Å²) < 4.78 is 5.94. The summed E-state index contributed by atoms with van der Waals surface area (Å²) in [5.74, 6) is 0.497. The summed E-state index contributed by atoms with van der Waals surface area (Å²) in [5, 5.41) is 1.87. The molecule has 5 heteroatoms. The Labute approximate surface area is 151 Å². The Morgan fingerprint density at radius 3 is 2.64 bits per heavy atom. The van der Waals surface area contributed by atoms with Gasteiger partial charge in [-0.1, -0.05) is 37.3 Å². The molecule has 0 spiro atoms. The van der Waals surface area contributed by atoms with Crippen LogP contribution in [-0.4, -0.2) is 28.7 Å². The minimum Gasteiger partial charge on any atom is -0.490 e. The predicted octanol–water partition coefficient (Wildman–Crippen LogP) is 5.07. The minimum atomic E-state index is -0.222. The van der Waals surface area contributed by atoms with Gasteiger partial charge in [0.05, 0.1) is 11.0 Å². The molecule has 0 aliphatic carbocycles. The van der Waals surface area contributed by atoms with Gasteiger partial charge in [-0.25, -0.2) is 0 Å². The molecular formula is C20H21NO3S. The van der Waals surface area contributed by atoms with Crippen molar-refractivity contribution in [3.8, 4) is 5.75 Å². The zero-order chi connectivity index (χ0) is 18.0. The van der Waals surface area contributed by atoms with Crippen molar-refractivity contribution in [3.63, 3.8) is 0 Å².